The smallest absolute Gasteiger partial charge is 0.0366 e. The summed E-state index contributed by atoms with van der Waals surface area (Å²) < 4.78 is 0. The van der Waals surface area contributed by atoms with Gasteiger partial charge in [-0.25, -0.2) is 0 Å². The summed E-state index contributed by atoms with van der Waals surface area (Å²) in [5.74, 6) is 0.214. The maximum atomic E-state index is 2.50. The van der Waals surface area contributed by atoms with E-state index in [2.05, 4.69) is 140 Å². The zero-order chi connectivity index (χ0) is 28.0. The Kier molecular flexibility index (Phi) is 12.9. The van der Waals surface area contributed by atoms with Gasteiger partial charge in [0.15, 0.2) is 0 Å². The molecule has 0 aliphatic rings. The second-order valence-electron chi connectivity index (χ2n) is 10.2. The van der Waals surface area contributed by atoms with Crippen LogP contribution in [0, 0.1) is 0 Å². The van der Waals surface area contributed by atoms with Gasteiger partial charge >= 0.3 is 0 Å². The SMILES string of the molecule is CCN(CC)CCN(CC)c1ccc(C(c2ccccc2)c2ccc(N(CC)CCN(CC)CC)cc2)cc1. The number of hydrogen-bond acceptors (Lipinski definition) is 4. The van der Waals surface area contributed by atoms with Gasteiger partial charge < -0.3 is 19.6 Å². The van der Waals surface area contributed by atoms with E-state index in [1.165, 1.54) is 28.1 Å². The molecule has 0 saturated heterocycles. The van der Waals surface area contributed by atoms with Crippen LogP contribution in [0.4, 0.5) is 11.4 Å². The molecule has 0 radical (unpaired) electrons. The number of anilines is 2. The first kappa shape index (κ1) is 30.7. The van der Waals surface area contributed by atoms with Crippen molar-refractivity contribution in [2.75, 3.05) is 75.2 Å². The molecule has 0 atom stereocenters. The minimum Gasteiger partial charge on any atom is -0.371 e. The van der Waals surface area contributed by atoms with E-state index in [0.717, 1.165) is 65.4 Å². The Balaban J connectivity index is 1.83. The lowest BCUT2D eigenvalue weighted by atomic mass is 9.85. The van der Waals surface area contributed by atoms with E-state index in [4.69, 9.17) is 0 Å². The van der Waals surface area contributed by atoms with Crippen LogP contribution in [0.2, 0.25) is 0 Å². The van der Waals surface area contributed by atoms with Gasteiger partial charge in [-0.2, -0.15) is 0 Å². The average Bonchev–Trinajstić information content (AvgIpc) is 2.99. The molecule has 0 aromatic heterocycles. The third-order valence-electron chi connectivity index (χ3n) is 8.24. The summed E-state index contributed by atoms with van der Waals surface area (Å²) in [6.07, 6.45) is 0. The molecule has 4 heteroatoms. The lowest BCUT2D eigenvalue weighted by molar-refractivity contribution is 0.310. The summed E-state index contributed by atoms with van der Waals surface area (Å²) in [5.41, 5.74) is 6.63. The molecule has 0 fully saturated rings. The van der Waals surface area contributed by atoms with E-state index in [1.54, 1.807) is 0 Å². The molecule has 212 valence electrons. The molecule has 3 aromatic rings. The van der Waals surface area contributed by atoms with Gasteiger partial charge in [-0.1, -0.05) is 82.3 Å². The maximum absolute atomic E-state index is 2.50. The summed E-state index contributed by atoms with van der Waals surface area (Å²) >= 11 is 0. The van der Waals surface area contributed by atoms with E-state index in [0.29, 0.717) is 0 Å². The molecule has 0 unspecified atom stereocenters. The van der Waals surface area contributed by atoms with Crippen molar-refractivity contribution in [3.8, 4) is 0 Å². The molecule has 0 amide bonds. The van der Waals surface area contributed by atoms with Gasteiger partial charge in [0.2, 0.25) is 0 Å². The van der Waals surface area contributed by atoms with Gasteiger partial charge in [0.1, 0.15) is 0 Å². The minimum atomic E-state index is 0.214. The fourth-order valence-electron chi connectivity index (χ4n) is 5.52. The minimum absolute atomic E-state index is 0.214. The van der Waals surface area contributed by atoms with Gasteiger partial charge in [0, 0.05) is 56.6 Å². The second-order valence-corrected chi connectivity index (χ2v) is 10.2. The Labute approximate surface area is 239 Å². The van der Waals surface area contributed by atoms with Crippen molar-refractivity contribution in [1.82, 2.24) is 9.80 Å². The molecule has 0 bridgehead atoms. The highest BCUT2D eigenvalue weighted by Gasteiger charge is 2.18. The molecule has 0 spiro atoms. The maximum Gasteiger partial charge on any atom is 0.0366 e. The third kappa shape index (κ3) is 8.58. The van der Waals surface area contributed by atoms with E-state index in [-0.39, 0.29) is 5.92 Å². The molecule has 4 nitrogen and oxygen atoms in total. The summed E-state index contributed by atoms with van der Waals surface area (Å²) in [7, 11) is 0. The number of hydrogen-bond donors (Lipinski definition) is 0. The van der Waals surface area contributed by atoms with Crippen molar-refractivity contribution in [2.24, 2.45) is 0 Å². The number of likely N-dealkylation sites (N-methyl/N-ethyl adjacent to an activating group) is 4. The zero-order valence-electron chi connectivity index (χ0n) is 25.4. The molecule has 0 saturated carbocycles. The number of benzene rings is 3. The van der Waals surface area contributed by atoms with E-state index < -0.39 is 0 Å². The first-order chi connectivity index (χ1) is 19.1. The van der Waals surface area contributed by atoms with Crippen molar-refractivity contribution < 1.29 is 0 Å². The van der Waals surface area contributed by atoms with Crippen molar-refractivity contribution in [3.05, 3.63) is 95.6 Å². The van der Waals surface area contributed by atoms with Crippen LogP contribution in [-0.4, -0.2) is 75.2 Å². The molecular formula is C35H52N4. The molecular weight excluding hydrogens is 476 g/mol. The predicted molar refractivity (Wildman–Crippen MR) is 172 cm³/mol. The topological polar surface area (TPSA) is 13.0 Å². The quantitative estimate of drug-likeness (QED) is 0.172. The van der Waals surface area contributed by atoms with Crippen LogP contribution in [0.15, 0.2) is 78.9 Å². The molecule has 3 aromatic carbocycles. The third-order valence-corrected chi connectivity index (χ3v) is 8.24. The highest BCUT2D eigenvalue weighted by atomic mass is 15.2. The highest BCUT2D eigenvalue weighted by Crippen LogP contribution is 2.34. The monoisotopic (exact) mass is 528 g/mol. The first-order valence-corrected chi connectivity index (χ1v) is 15.3. The molecule has 3 rings (SSSR count). The van der Waals surface area contributed by atoms with Crippen LogP contribution in [0.5, 0.6) is 0 Å². The lowest BCUT2D eigenvalue weighted by Gasteiger charge is -2.28. The molecule has 0 N–H and O–H groups in total. The Hall–Kier alpha value is -2.82. The molecule has 39 heavy (non-hydrogen) atoms. The van der Waals surface area contributed by atoms with Gasteiger partial charge in [-0.05, 0) is 81.0 Å². The highest BCUT2D eigenvalue weighted by molar-refractivity contribution is 5.54. The Morgan fingerprint density at radius 3 is 1.10 bits per heavy atom. The van der Waals surface area contributed by atoms with Crippen LogP contribution >= 0.6 is 0 Å². The normalized spacial score (nSPS) is 11.5. The Bertz CT molecular complexity index is 973. The van der Waals surface area contributed by atoms with Crippen molar-refractivity contribution in [1.29, 1.82) is 0 Å². The lowest BCUT2D eigenvalue weighted by Crippen LogP contribution is -2.35. The van der Waals surface area contributed by atoms with Gasteiger partial charge in [-0.15, -0.1) is 0 Å². The standard InChI is InChI=1S/C35H52N4/c1-7-36(8-2)26-28-38(11-5)33-22-18-31(19-23-33)35(30-16-14-13-15-17-30)32-20-24-34(25-21-32)39(12-6)29-27-37(9-3)10-4/h13-25,35H,7-12,26-29H2,1-6H3. The van der Waals surface area contributed by atoms with E-state index in [9.17, 15) is 0 Å². The van der Waals surface area contributed by atoms with Gasteiger partial charge in [0.05, 0.1) is 0 Å². The van der Waals surface area contributed by atoms with Crippen LogP contribution in [0.25, 0.3) is 0 Å². The summed E-state index contributed by atoms with van der Waals surface area (Å²) in [5, 5.41) is 0. The van der Waals surface area contributed by atoms with E-state index in [1.807, 2.05) is 0 Å². The molecule has 0 aliphatic heterocycles. The summed E-state index contributed by atoms with van der Waals surface area (Å²) in [6.45, 7) is 24.3. The predicted octanol–water partition coefficient (Wildman–Crippen LogP) is 7.20. The zero-order valence-corrected chi connectivity index (χ0v) is 25.4. The fourth-order valence-corrected chi connectivity index (χ4v) is 5.52. The fraction of sp³-hybridized carbons (Fsp3) is 0.486. The number of rotatable bonds is 17. The molecule has 0 aliphatic carbocycles. The summed E-state index contributed by atoms with van der Waals surface area (Å²) in [6, 6.07) is 29.6. The first-order valence-electron chi connectivity index (χ1n) is 15.3. The second kappa shape index (κ2) is 16.3. The van der Waals surface area contributed by atoms with Crippen LogP contribution in [-0.2, 0) is 0 Å². The van der Waals surface area contributed by atoms with Crippen LogP contribution in [0.3, 0.4) is 0 Å². The van der Waals surface area contributed by atoms with Crippen LogP contribution in [0.1, 0.15) is 64.2 Å². The van der Waals surface area contributed by atoms with Crippen molar-refractivity contribution in [2.45, 2.75) is 47.5 Å². The number of nitrogens with zero attached hydrogens (tertiary/aromatic N) is 4. The van der Waals surface area contributed by atoms with Crippen LogP contribution < -0.4 is 9.80 Å². The van der Waals surface area contributed by atoms with Gasteiger partial charge in [-0.3, -0.25) is 0 Å². The molecule has 0 heterocycles. The Morgan fingerprint density at radius 1 is 0.410 bits per heavy atom. The average molecular weight is 529 g/mol. The van der Waals surface area contributed by atoms with E-state index >= 15 is 0 Å². The van der Waals surface area contributed by atoms with Crippen molar-refractivity contribution in [3.63, 3.8) is 0 Å². The van der Waals surface area contributed by atoms with Crippen molar-refractivity contribution >= 4 is 11.4 Å². The van der Waals surface area contributed by atoms with Gasteiger partial charge in [0.25, 0.3) is 0 Å². The Morgan fingerprint density at radius 2 is 0.769 bits per heavy atom. The largest absolute Gasteiger partial charge is 0.371 e. The summed E-state index contributed by atoms with van der Waals surface area (Å²) in [4.78, 5) is 9.97.